The van der Waals surface area contributed by atoms with Crippen molar-refractivity contribution in [3.63, 3.8) is 0 Å². The van der Waals surface area contributed by atoms with Crippen LogP contribution in [0.15, 0.2) is 30.9 Å². The number of alkyl carbamates (subject to hydrolysis) is 1. The molecular weight excluding hydrogens is 570 g/mol. The van der Waals surface area contributed by atoms with E-state index in [0.717, 1.165) is 23.1 Å². The van der Waals surface area contributed by atoms with Gasteiger partial charge in [0.05, 0.1) is 6.54 Å². The standard InChI is InChI=1S/C29H38F2N4O8/c1-8-15-13-29(15,24(38)39)34-22(36)19-12-16(42-25(40)32-20-17(30)10-9-11-18(20)31)14-35(19)23(37)21(27(2,3)4)33-26(41)43-28(5,6)7/h8-11,15-16,19,21H,1,12-14H2,2-7H3,(H,32,40)(H,33,41)(H,34,36)(H,38,39). The van der Waals surface area contributed by atoms with Gasteiger partial charge in [-0.1, -0.05) is 32.9 Å². The number of likely N-dealkylation sites (tertiary alicyclic amines) is 1. The number of carboxylic acid groups (broad SMARTS) is 1. The van der Waals surface area contributed by atoms with Crippen molar-refractivity contribution in [1.29, 1.82) is 0 Å². The van der Waals surface area contributed by atoms with Gasteiger partial charge in [0, 0.05) is 12.3 Å². The SMILES string of the molecule is C=CC1CC1(NC(=O)C1CC(OC(=O)Nc2c(F)cccc2F)CN1C(=O)C(NC(=O)OC(C)(C)C)C(C)(C)C)C(=O)O. The third kappa shape index (κ3) is 7.79. The highest BCUT2D eigenvalue weighted by atomic mass is 19.1. The minimum atomic E-state index is -1.61. The number of carbonyl (C=O) groups is 5. The Morgan fingerprint density at radius 3 is 2.19 bits per heavy atom. The first-order chi connectivity index (χ1) is 19.8. The predicted octanol–water partition coefficient (Wildman–Crippen LogP) is 3.57. The van der Waals surface area contributed by atoms with Crippen LogP contribution in [0.1, 0.15) is 54.4 Å². The first-order valence-electron chi connectivity index (χ1n) is 13.7. The van der Waals surface area contributed by atoms with Crippen molar-refractivity contribution >= 4 is 35.7 Å². The second kappa shape index (κ2) is 12.2. The summed E-state index contributed by atoms with van der Waals surface area (Å²) in [5, 5.41) is 16.8. The number of carboxylic acids is 1. The summed E-state index contributed by atoms with van der Waals surface area (Å²) in [6.07, 6.45) is -2.01. The van der Waals surface area contributed by atoms with Crippen molar-refractivity contribution in [2.75, 3.05) is 11.9 Å². The molecule has 2 aliphatic rings. The summed E-state index contributed by atoms with van der Waals surface area (Å²) in [4.78, 5) is 65.7. The number of nitrogens with zero attached hydrogens (tertiary/aromatic N) is 1. The fourth-order valence-corrected chi connectivity index (χ4v) is 4.83. The number of aliphatic carboxylic acids is 1. The molecule has 1 aromatic rings. The van der Waals surface area contributed by atoms with Gasteiger partial charge in [-0.25, -0.2) is 23.2 Å². The molecule has 0 spiro atoms. The van der Waals surface area contributed by atoms with Gasteiger partial charge >= 0.3 is 18.2 Å². The van der Waals surface area contributed by atoms with Gasteiger partial charge in [-0.05, 0) is 44.7 Å². The summed E-state index contributed by atoms with van der Waals surface area (Å²) in [6, 6.07) is 0.455. The fraction of sp³-hybridized carbons (Fsp3) is 0.552. The van der Waals surface area contributed by atoms with E-state index in [0.29, 0.717) is 0 Å². The number of anilines is 1. The van der Waals surface area contributed by atoms with Crippen molar-refractivity contribution in [3.05, 3.63) is 42.5 Å². The molecule has 12 nitrogen and oxygen atoms in total. The highest BCUT2D eigenvalue weighted by Gasteiger charge is 2.61. The molecule has 4 amide bonds. The van der Waals surface area contributed by atoms with E-state index in [9.17, 15) is 37.9 Å². The zero-order valence-corrected chi connectivity index (χ0v) is 25.0. The number of amides is 4. The lowest BCUT2D eigenvalue weighted by Crippen LogP contribution is -2.59. The zero-order valence-electron chi connectivity index (χ0n) is 25.0. The van der Waals surface area contributed by atoms with Gasteiger partial charge < -0.3 is 30.1 Å². The number of carbonyl (C=O) groups excluding carboxylic acids is 4. The maximum Gasteiger partial charge on any atom is 0.412 e. The summed E-state index contributed by atoms with van der Waals surface area (Å²) in [7, 11) is 0. The van der Waals surface area contributed by atoms with E-state index >= 15 is 0 Å². The van der Waals surface area contributed by atoms with Crippen LogP contribution in [0.2, 0.25) is 0 Å². The Labute approximate surface area is 248 Å². The number of rotatable bonds is 8. The molecular formula is C29H38F2N4O8. The Kier molecular flexibility index (Phi) is 9.42. The molecule has 0 aromatic heterocycles. The Morgan fingerprint density at radius 2 is 1.70 bits per heavy atom. The normalized spacial score (nSPS) is 23.9. The lowest BCUT2D eigenvalue weighted by molar-refractivity contribution is -0.146. The molecule has 236 valence electrons. The summed E-state index contributed by atoms with van der Waals surface area (Å²) in [5.41, 5.74) is -4.10. The van der Waals surface area contributed by atoms with Gasteiger partial charge in [-0.3, -0.25) is 14.9 Å². The molecule has 14 heteroatoms. The molecule has 1 aliphatic carbocycles. The van der Waals surface area contributed by atoms with E-state index in [1.54, 1.807) is 41.5 Å². The molecule has 1 saturated carbocycles. The number of benzene rings is 1. The highest BCUT2D eigenvalue weighted by Crippen LogP contribution is 2.45. The molecule has 0 bridgehead atoms. The number of para-hydroxylation sites is 1. The number of hydrogen-bond acceptors (Lipinski definition) is 7. The molecule has 1 saturated heterocycles. The molecule has 1 aliphatic heterocycles. The van der Waals surface area contributed by atoms with Crippen molar-refractivity contribution in [3.8, 4) is 0 Å². The van der Waals surface area contributed by atoms with Crippen LogP contribution in [-0.4, -0.2) is 75.8 Å². The predicted molar refractivity (Wildman–Crippen MR) is 150 cm³/mol. The number of halogens is 2. The zero-order chi connectivity index (χ0) is 32.5. The topological polar surface area (TPSA) is 163 Å². The van der Waals surface area contributed by atoms with Gasteiger partial charge in [-0.15, -0.1) is 6.58 Å². The average molecular weight is 609 g/mol. The summed E-state index contributed by atoms with van der Waals surface area (Å²) < 4.78 is 38.7. The van der Waals surface area contributed by atoms with Crippen LogP contribution < -0.4 is 16.0 Å². The fourth-order valence-electron chi connectivity index (χ4n) is 4.83. The largest absolute Gasteiger partial charge is 0.479 e. The maximum absolute atomic E-state index is 14.0. The molecule has 5 atom stereocenters. The van der Waals surface area contributed by atoms with E-state index in [-0.39, 0.29) is 19.4 Å². The second-order valence-electron chi connectivity index (χ2n) is 12.7. The first-order valence-corrected chi connectivity index (χ1v) is 13.7. The molecule has 0 radical (unpaired) electrons. The third-order valence-corrected chi connectivity index (χ3v) is 7.11. The van der Waals surface area contributed by atoms with Crippen LogP contribution in [0.5, 0.6) is 0 Å². The van der Waals surface area contributed by atoms with E-state index < -0.39 is 88.0 Å². The third-order valence-electron chi connectivity index (χ3n) is 7.11. The summed E-state index contributed by atoms with van der Waals surface area (Å²) in [6.45, 7) is 13.2. The quantitative estimate of drug-likeness (QED) is 0.326. The van der Waals surface area contributed by atoms with Crippen molar-refractivity contribution in [1.82, 2.24) is 15.5 Å². The number of nitrogens with one attached hydrogen (secondary N) is 3. The van der Waals surface area contributed by atoms with Crippen LogP contribution in [0.25, 0.3) is 0 Å². The molecule has 2 fully saturated rings. The Bertz CT molecular complexity index is 1290. The minimum absolute atomic E-state index is 0.0968. The van der Waals surface area contributed by atoms with Crippen molar-refractivity contribution in [2.45, 2.75) is 83.7 Å². The van der Waals surface area contributed by atoms with Gasteiger partial charge in [0.1, 0.15) is 46.6 Å². The molecule has 5 unspecified atom stereocenters. The van der Waals surface area contributed by atoms with E-state index in [4.69, 9.17) is 9.47 Å². The smallest absolute Gasteiger partial charge is 0.412 e. The molecule has 4 N–H and O–H groups in total. The minimum Gasteiger partial charge on any atom is -0.479 e. The lowest BCUT2D eigenvalue weighted by Gasteiger charge is -2.35. The van der Waals surface area contributed by atoms with Crippen LogP contribution >= 0.6 is 0 Å². The van der Waals surface area contributed by atoms with Crippen molar-refractivity contribution < 1.29 is 47.3 Å². The van der Waals surface area contributed by atoms with Crippen molar-refractivity contribution in [2.24, 2.45) is 11.3 Å². The summed E-state index contributed by atoms with van der Waals surface area (Å²) in [5.74, 6) is -5.44. The molecule has 3 rings (SSSR count). The van der Waals surface area contributed by atoms with E-state index in [1.807, 2.05) is 5.32 Å². The number of ether oxygens (including phenoxy) is 2. The van der Waals surface area contributed by atoms with Gasteiger partial charge in [0.25, 0.3) is 0 Å². The monoisotopic (exact) mass is 608 g/mol. The van der Waals surface area contributed by atoms with Crippen LogP contribution in [-0.2, 0) is 23.9 Å². The van der Waals surface area contributed by atoms with Gasteiger partial charge in [0.15, 0.2) is 0 Å². The Morgan fingerprint density at radius 1 is 1.09 bits per heavy atom. The van der Waals surface area contributed by atoms with E-state index in [2.05, 4.69) is 17.2 Å². The Balaban J connectivity index is 1.87. The summed E-state index contributed by atoms with van der Waals surface area (Å²) >= 11 is 0. The van der Waals surface area contributed by atoms with Crippen LogP contribution in [0, 0.1) is 23.0 Å². The molecule has 43 heavy (non-hydrogen) atoms. The number of hydrogen-bond donors (Lipinski definition) is 4. The average Bonchev–Trinajstić information content (AvgIpc) is 3.43. The maximum atomic E-state index is 14.0. The lowest BCUT2D eigenvalue weighted by atomic mass is 9.85. The van der Waals surface area contributed by atoms with Gasteiger partial charge in [0.2, 0.25) is 11.8 Å². The molecule has 1 heterocycles. The second-order valence-corrected chi connectivity index (χ2v) is 12.7. The highest BCUT2D eigenvalue weighted by molar-refractivity contribution is 5.96. The molecule has 1 aromatic carbocycles. The van der Waals surface area contributed by atoms with Crippen LogP contribution in [0.3, 0.4) is 0 Å². The van der Waals surface area contributed by atoms with Gasteiger partial charge in [-0.2, -0.15) is 0 Å². The Hall–Kier alpha value is -4.23. The van der Waals surface area contributed by atoms with Crippen LogP contribution in [0.4, 0.5) is 24.1 Å². The first kappa shape index (κ1) is 33.3. The van der Waals surface area contributed by atoms with E-state index in [1.165, 1.54) is 6.08 Å².